The lowest BCUT2D eigenvalue weighted by Crippen LogP contribution is -2.52. The Bertz CT molecular complexity index is 827. The molecule has 0 saturated carbocycles. The second-order valence-electron chi connectivity index (χ2n) is 6.03. The number of aliphatic imine (C=N–C) groups is 1. The number of thiocarbonyl (C=S) groups is 3. The van der Waals surface area contributed by atoms with E-state index in [1.165, 1.54) is 10.7 Å². The van der Waals surface area contributed by atoms with Gasteiger partial charge in [-0.1, -0.05) is 24.3 Å². The average molecular weight is 408 g/mol. The lowest BCUT2D eigenvalue weighted by atomic mass is 10.1. The van der Waals surface area contributed by atoms with Crippen LogP contribution in [0.4, 0.5) is 0 Å². The van der Waals surface area contributed by atoms with Crippen LogP contribution in [0, 0.1) is 0 Å². The standard InChI is InChI=1S/C16H17N5S4/c1-18-14(23)19-7-2-8-20-15(24)21(25(18)16(19)20)10-13-5-3-12(4-6-13)9-17-11-22/h3-6H,2,7-10H2,1H3. The van der Waals surface area contributed by atoms with Crippen LogP contribution in [-0.2, 0) is 13.1 Å². The van der Waals surface area contributed by atoms with Crippen molar-refractivity contribution in [2.45, 2.75) is 19.5 Å². The van der Waals surface area contributed by atoms with E-state index in [1.807, 2.05) is 0 Å². The second-order valence-corrected chi connectivity index (χ2v) is 8.82. The van der Waals surface area contributed by atoms with Gasteiger partial charge in [-0.05, 0) is 54.2 Å². The van der Waals surface area contributed by atoms with Gasteiger partial charge in [0.05, 0.1) is 29.1 Å². The van der Waals surface area contributed by atoms with E-state index >= 15 is 0 Å². The first-order valence-electron chi connectivity index (χ1n) is 7.99. The molecule has 3 heterocycles. The molecular formula is C16H17N5S4. The Morgan fingerprint density at radius 1 is 1.08 bits per heavy atom. The van der Waals surface area contributed by atoms with Crippen molar-refractivity contribution in [3.05, 3.63) is 35.4 Å². The van der Waals surface area contributed by atoms with E-state index in [9.17, 15) is 0 Å². The zero-order chi connectivity index (χ0) is 17.6. The van der Waals surface area contributed by atoms with Gasteiger partial charge in [-0.15, -0.1) is 0 Å². The molecule has 4 rings (SSSR count). The minimum Gasteiger partial charge on any atom is -0.296 e. The number of isothiocyanates is 1. The molecule has 1 fully saturated rings. The van der Waals surface area contributed by atoms with Gasteiger partial charge in [-0.25, -0.2) is 4.99 Å². The van der Waals surface area contributed by atoms with Crippen molar-refractivity contribution in [1.82, 2.24) is 18.4 Å². The van der Waals surface area contributed by atoms with E-state index in [2.05, 4.69) is 72.1 Å². The van der Waals surface area contributed by atoms with Crippen molar-refractivity contribution >= 4 is 68.0 Å². The van der Waals surface area contributed by atoms with Crippen molar-refractivity contribution in [3.63, 3.8) is 0 Å². The Balaban J connectivity index is 1.60. The molecule has 3 aliphatic rings. The third kappa shape index (κ3) is 2.80. The van der Waals surface area contributed by atoms with Crippen molar-refractivity contribution in [3.8, 4) is 0 Å². The maximum atomic E-state index is 5.78. The quantitative estimate of drug-likeness (QED) is 0.559. The minimum absolute atomic E-state index is 0.220. The Labute approximate surface area is 166 Å². The van der Waals surface area contributed by atoms with Gasteiger partial charge >= 0.3 is 0 Å². The van der Waals surface area contributed by atoms with Crippen LogP contribution in [0.25, 0.3) is 0 Å². The summed E-state index contributed by atoms with van der Waals surface area (Å²) < 4.78 is 4.48. The van der Waals surface area contributed by atoms with Gasteiger partial charge in [0, 0.05) is 20.1 Å². The van der Waals surface area contributed by atoms with Crippen molar-refractivity contribution in [1.29, 1.82) is 0 Å². The summed E-state index contributed by atoms with van der Waals surface area (Å²) in [7, 11) is 1.85. The lowest BCUT2D eigenvalue weighted by molar-refractivity contribution is 0.397. The Hall–Kier alpha value is -1.38. The van der Waals surface area contributed by atoms with E-state index in [0.29, 0.717) is 6.54 Å². The van der Waals surface area contributed by atoms with Gasteiger partial charge in [-0.2, -0.15) is 0 Å². The minimum atomic E-state index is -0.220. The van der Waals surface area contributed by atoms with Gasteiger partial charge in [0.25, 0.3) is 0 Å². The maximum Gasteiger partial charge on any atom is 0.189 e. The highest BCUT2D eigenvalue weighted by molar-refractivity contribution is 8.14. The summed E-state index contributed by atoms with van der Waals surface area (Å²) >= 11 is 16.0. The molecule has 0 amide bonds. The van der Waals surface area contributed by atoms with Crippen molar-refractivity contribution in [2.75, 3.05) is 20.1 Å². The predicted octanol–water partition coefficient (Wildman–Crippen LogP) is 2.81. The molecule has 0 aliphatic carbocycles. The van der Waals surface area contributed by atoms with Gasteiger partial charge in [0.1, 0.15) is 0 Å². The zero-order valence-corrected chi connectivity index (χ0v) is 17.0. The van der Waals surface area contributed by atoms with Crippen LogP contribution in [0.5, 0.6) is 0 Å². The first-order chi connectivity index (χ1) is 12.1. The molecule has 9 heteroatoms. The number of benzene rings is 1. The highest BCUT2D eigenvalue weighted by atomic mass is 32.2. The normalized spacial score (nSPS) is 21.8. The maximum absolute atomic E-state index is 5.78. The van der Waals surface area contributed by atoms with Crippen LogP contribution in [-0.4, -0.2) is 59.0 Å². The number of hydrogen-bond donors (Lipinski definition) is 0. The van der Waals surface area contributed by atoms with Gasteiger partial charge in [0.2, 0.25) is 0 Å². The molecular weight excluding hydrogens is 390 g/mol. The van der Waals surface area contributed by atoms with E-state index in [4.69, 9.17) is 24.4 Å². The van der Waals surface area contributed by atoms with Crippen LogP contribution in [0.3, 0.4) is 0 Å². The summed E-state index contributed by atoms with van der Waals surface area (Å²) in [6.45, 7) is 3.33. The molecule has 1 unspecified atom stereocenters. The Morgan fingerprint density at radius 2 is 1.72 bits per heavy atom. The zero-order valence-electron chi connectivity index (χ0n) is 13.7. The topological polar surface area (TPSA) is 25.3 Å². The molecule has 0 aromatic heterocycles. The molecule has 1 aromatic carbocycles. The van der Waals surface area contributed by atoms with Gasteiger partial charge in [0.15, 0.2) is 15.3 Å². The number of hydrogen-bond acceptors (Lipinski definition) is 4. The number of nitrogens with zero attached hydrogens (tertiary/aromatic N) is 5. The van der Waals surface area contributed by atoms with Crippen LogP contribution in [0.1, 0.15) is 17.5 Å². The third-order valence-electron chi connectivity index (χ3n) is 4.48. The summed E-state index contributed by atoms with van der Waals surface area (Å²) in [5.74, 6) is 0. The molecule has 3 aliphatic heterocycles. The molecule has 0 spiro atoms. The fraction of sp³-hybridized carbons (Fsp3) is 0.375. The van der Waals surface area contributed by atoms with E-state index in [-0.39, 0.29) is 10.9 Å². The second kappa shape index (κ2) is 6.74. The molecule has 1 atom stereocenters. The van der Waals surface area contributed by atoms with Crippen molar-refractivity contribution in [2.24, 2.45) is 4.99 Å². The van der Waals surface area contributed by atoms with Gasteiger partial charge < -0.3 is 0 Å². The Kier molecular flexibility index (Phi) is 4.59. The molecule has 5 nitrogen and oxygen atoms in total. The summed E-state index contributed by atoms with van der Waals surface area (Å²) in [6, 6.07) is 8.44. The highest BCUT2D eigenvalue weighted by Crippen LogP contribution is 2.43. The number of rotatable bonds is 4. The van der Waals surface area contributed by atoms with E-state index in [1.54, 1.807) is 0 Å². The van der Waals surface area contributed by atoms with E-state index < -0.39 is 0 Å². The summed E-state index contributed by atoms with van der Waals surface area (Å²) in [5.41, 5.74) is 2.35. The average Bonchev–Trinajstić information content (AvgIpc) is 3.06. The highest BCUT2D eigenvalue weighted by Gasteiger charge is 2.47. The molecule has 1 aromatic rings. The molecule has 1 saturated heterocycles. The predicted molar refractivity (Wildman–Crippen MR) is 114 cm³/mol. The molecule has 130 valence electrons. The fourth-order valence-electron chi connectivity index (χ4n) is 3.27. The first-order valence-corrected chi connectivity index (χ1v) is 10.4. The summed E-state index contributed by atoms with van der Waals surface area (Å²) in [4.78, 5) is 8.50. The Morgan fingerprint density at radius 3 is 2.40 bits per heavy atom. The van der Waals surface area contributed by atoms with E-state index in [0.717, 1.165) is 41.8 Å². The SMILES string of the molecule is CN1C(=S)N2CCCN3C(=S)N(Cc4ccc(CN=C=S)cc4)S1=C23. The molecule has 0 radical (unpaired) electrons. The first kappa shape index (κ1) is 17.1. The fourth-order valence-corrected chi connectivity index (χ4v) is 6.54. The third-order valence-corrected chi connectivity index (χ3v) is 7.95. The monoisotopic (exact) mass is 407 g/mol. The van der Waals surface area contributed by atoms with Gasteiger partial charge in [-0.3, -0.25) is 18.4 Å². The summed E-state index contributed by atoms with van der Waals surface area (Å²) in [6.07, 6.45) is 1.08. The molecule has 0 N–H and O–H groups in total. The largest absolute Gasteiger partial charge is 0.296 e. The lowest BCUT2D eigenvalue weighted by Gasteiger charge is -2.36. The van der Waals surface area contributed by atoms with Crippen LogP contribution < -0.4 is 0 Å². The molecule has 0 bridgehead atoms. The molecule has 25 heavy (non-hydrogen) atoms. The van der Waals surface area contributed by atoms with Crippen molar-refractivity contribution < 1.29 is 0 Å². The summed E-state index contributed by atoms with van der Waals surface area (Å²) in [5, 5.41) is 5.48. The van der Waals surface area contributed by atoms with Crippen LogP contribution >= 0.6 is 47.5 Å². The smallest absolute Gasteiger partial charge is 0.189 e. The van der Waals surface area contributed by atoms with Crippen LogP contribution in [0.15, 0.2) is 29.3 Å². The van der Waals surface area contributed by atoms with Crippen LogP contribution in [0.2, 0.25) is 0 Å².